The van der Waals surface area contributed by atoms with Crippen molar-refractivity contribution in [2.75, 3.05) is 19.7 Å². The summed E-state index contributed by atoms with van der Waals surface area (Å²) in [7, 11) is 0. The zero-order valence-corrected chi connectivity index (χ0v) is 27.6. The Morgan fingerprint density at radius 1 is 1.10 bits per heavy atom. The number of carbonyl (C=O) groups is 3. The smallest absolute Gasteiger partial charge is 0.198 e. The number of aliphatic imine (C=N–C) groups is 1. The van der Waals surface area contributed by atoms with Gasteiger partial charge in [0.2, 0.25) is 0 Å². The molecule has 2 aromatic rings. The molecule has 0 amide bonds. The maximum Gasteiger partial charge on any atom is 0.198 e. The standard InChI is InChI=1S/C35H43N5O9/c1-17-7-6-9-21-26(17)33(46)29-28(31(21)44)32(45)22-13-35(48,25(16-41)38-15-19(42)8-4-3-5-10-39-40-37)14-24(27(22)34(29)47)49-20-11-18(2)30(43)23(36)12-20/h6-7,9,18,20,23-24,30,41,43,45,47-48H,3-5,8,10-16,36H2,1-2H3/t18?,20?,23?,24?,30?,35-/m0/s1. The highest BCUT2D eigenvalue weighted by molar-refractivity contribution is 6.31. The maximum atomic E-state index is 13.9. The van der Waals surface area contributed by atoms with Crippen molar-refractivity contribution in [1.82, 2.24) is 0 Å². The van der Waals surface area contributed by atoms with Crippen LogP contribution in [0.15, 0.2) is 28.3 Å². The van der Waals surface area contributed by atoms with E-state index in [2.05, 4.69) is 15.0 Å². The number of hydrogen-bond donors (Lipinski definition) is 6. The topological polar surface area (TPSA) is 249 Å². The van der Waals surface area contributed by atoms with Crippen molar-refractivity contribution in [2.24, 2.45) is 21.8 Å². The highest BCUT2D eigenvalue weighted by Gasteiger charge is 2.49. The first kappa shape index (κ1) is 36.1. The molecule has 14 nitrogen and oxygen atoms in total. The van der Waals surface area contributed by atoms with E-state index in [1.165, 1.54) is 6.07 Å². The van der Waals surface area contributed by atoms with Gasteiger partial charge in [0.15, 0.2) is 17.3 Å². The molecule has 49 heavy (non-hydrogen) atoms. The van der Waals surface area contributed by atoms with Crippen LogP contribution in [0, 0.1) is 12.8 Å². The Hall–Kier alpha value is -4.17. The fourth-order valence-corrected chi connectivity index (χ4v) is 7.48. The molecule has 1 fully saturated rings. The molecule has 0 aliphatic heterocycles. The van der Waals surface area contributed by atoms with Crippen LogP contribution in [0.5, 0.6) is 11.5 Å². The van der Waals surface area contributed by atoms with Gasteiger partial charge in [-0.3, -0.25) is 19.4 Å². The van der Waals surface area contributed by atoms with Gasteiger partial charge in [0.05, 0.1) is 48.3 Å². The molecule has 0 spiro atoms. The van der Waals surface area contributed by atoms with Crippen LogP contribution in [0.1, 0.15) is 107 Å². The van der Waals surface area contributed by atoms with Crippen LogP contribution in [-0.4, -0.2) is 92.1 Å². The summed E-state index contributed by atoms with van der Waals surface area (Å²) in [6.07, 6.45) is -0.514. The summed E-state index contributed by atoms with van der Waals surface area (Å²) in [5.74, 6) is -2.93. The van der Waals surface area contributed by atoms with Gasteiger partial charge in [0.1, 0.15) is 17.1 Å². The van der Waals surface area contributed by atoms with Crippen LogP contribution in [0.2, 0.25) is 0 Å². The molecule has 5 rings (SSSR count). The number of nitrogens with zero attached hydrogens (tertiary/aromatic N) is 4. The Bertz CT molecular complexity index is 1720. The van der Waals surface area contributed by atoms with Crippen LogP contribution in [0.25, 0.3) is 10.4 Å². The highest BCUT2D eigenvalue weighted by Crippen LogP contribution is 2.52. The van der Waals surface area contributed by atoms with E-state index < -0.39 is 71.6 Å². The Labute approximate surface area is 283 Å². The molecule has 0 saturated heterocycles. The molecule has 0 bridgehead atoms. The zero-order valence-electron chi connectivity index (χ0n) is 27.6. The van der Waals surface area contributed by atoms with Crippen LogP contribution in [0.4, 0.5) is 0 Å². The van der Waals surface area contributed by atoms with E-state index in [9.17, 15) is 39.9 Å². The van der Waals surface area contributed by atoms with Crippen molar-refractivity contribution in [3.05, 3.63) is 67.6 Å². The van der Waals surface area contributed by atoms with Crippen molar-refractivity contribution in [2.45, 2.75) is 95.2 Å². The van der Waals surface area contributed by atoms with E-state index in [4.69, 9.17) is 16.0 Å². The molecular weight excluding hydrogens is 634 g/mol. The third-order valence-corrected chi connectivity index (χ3v) is 10.1. The number of hydrogen-bond acceptors (Lipinski definition) is 12. The second kappa shape index (κ2) is 14.8. The molecule has 5 unspecified atom stereocenters. The van der Waals surface area contributed by atoms with Gasteiger partial charge < -0.3 is 36.0 Å². The molecule has 0 heterocycles. The van der Waals surface area contributed by atoms with Crippen molar-refractivity contribution in [3.63, 3.8) is 0 Å². The van der Waals surface area contributed by atoms with Gasteiger partial charge in [-0.05, 0) is 49.6 Å². The van der Waals surface area contributed by atoms with E-state index in [1.54, 1.807) is 19.1 Å². The number of unbranched alkanes of at least 4 members (excludes halogenated alkanes) is 2. The Morgan fingerprint density at radius 2 is 1.84 bits per heavy atom. The summed E-state index contributed by atoms with van der Waals surface area (Å²) in [6.45, 7) is 2.76. The predicted octanol–water partition coefficient (Wildman–Crippen LogP) is 3.28. The lowest BCUT2D eigenvalue weighted by molar-refractivity contribution is -0.117. The molecule has 2 aromatic carbocycles. The Kier molecular flexibility index (Phi) is 10.9. The molecule has 14 heteroatoms. The number of rotatable bonds is 12. The fraction of sp³-hybridized carbons (Fsp3) is 0.543. The quantitative estimate of drug-likeness (QED) is 0.0407. The SMILES string of the molecule is Cc1cccc2c1C(=O)c1c(O)c3c(c(O)c1C2=O)C[C@@](O)(C(CO)=NCC(=O)CCCCCN=[N+]=[N-])CC3OC1CC(C)C(O)C(N)C1. The largest absolute Gasteiger partial charge is 0.507 e. The number of nitrogens with two attached hydrogens (primary N) is 1. The fourth-order valence-electron chi connectivity index (χ4n) is 7.48. The minimum Gasteiger partial charge on any atom is -0.507 e. The zero-order chi connectivity index (χ0) is 35.6. The van der Waals surface area contributed by atoms with Gasteiger partial charge in [0.25, 0.3) is 0 Å². The number of phenolic OH excluding ortho intramolecular Hbond substituents is 2. The second-order valence-corrected chi connectivity index (χ2v) is 13.5. The molecule has 0 aromatic heterocycles. The van der Waals surface area contributed by atoms with Crippen molar-refractivity contribution in [1.29, 1.82) is 0 Å². The van der Waals surface area contributed by atoms with Crippen molar-refractivity contribution in [3.8, 4) is 11.5 Å². The van der Waals surface area contributed by atoms with Crippen LogP contribution in [0.3, 0.4) is 0 Å². The third kappa shape index (κ3) is 6.98. The monoisotopic (exact) mass is 677 g/mol. The number of aliphatic hydroxyl groups excluding tert-OH is 2. The first-order chi connectivity index (χ1) is 23.3. The summed E-state index contributed by atoms with van der Waals surface area (Å²) < 4.78 is 6.49. The number of fused-ring (bicyclic) bond motifs is 3. The molecule has 6 atom stereocenters. The number of aliphatic hydroxyl groups is 3. The van der Waals surface area contributed by atoms with E-state index in [0.717, 1.165) is 0 Å². The average Bonchev–Trinajstić information content (AvgIpc) is 3.05. The average molecular weight is 678 g/mol. The van der Waals surface area contributed by atoms with Gasteiger partial charge in [-0.25, -0.2) is 0 Å². The molecule has 3 aliphatic rings. The summed E-state index contributed by atoms with van der Waals surface area (Å²) in [4.78, 5) is 47.3. The van der Waals surface area contributed by atoms with Gasteiger partial charge in [-0.1, -0.05) is 36.7 Å². The molecule has 7 N–H and O–H groups in total. The summed E-state index contributed by atoms with van der Waals surface area (Å²) in [5, 5.41) is 60.0. The third-order valence-electron chi connectivity index (χ3n) is 10.1. The van der Waals surface area contributed by atoms with E-state index in [-0.39, 0.29) is 71.0 Å². The number of azide groups is 1. The number of ketones is 3. The number of Topliss-reactive ketones (excluding diaryl/α,β-unsaturated/α-hetero) is 1. The maximum absolute atomic E-state index is 13.9. The Morgan fingerprint density at radius 3 is 2.53 bits per heavy atom. The molecule has 262 valence electrons. The number of phenols is 2. The summed E-state index contributed by atoms with van der Waals surface area (Å²) in [6, 6.07) is 4.15. The second-order valence-electron chi connectivity index (χ2n) is 13.5. The van der Waals surface area contributed by atoms with E-state index in [1.807, 2.05) is 6.92 Å². The minimum atomic E-state index is -1.99. The molecule has 1 saturated carbocycles. The Balaban J connectivity index is 1.53. The highest BCUT2D eigenvalue weighted by atomic mass is 16.5. The lowest BCUT2D eigenvalue weighted by atomic mass is 9.71. The number of benzene rings is 2. The van der Waals surface area contributed by atoms with E-state index in [0.29, 0.717) is 37.8 Å². The van der Waals surface area contributed by atoms with Gasteiger partial charge in [0, 0.05) is 59.0 Å². The summed E-state index contributed by atoms with van der Waals surface area (Å²) >= 11 is 0. The van der Waals surface area contributed by atoms with Crippen LogP contribution in [-0.2, 0) is 16.0 Å². The number of aryl methyl sites for hydroxylation is 1. The predicted molar refractivity (Wildman–Crippen MR) is 178 cm³/mol. The lowest BCUT2D eigenvalue weighted by Crippen LogP contribution is -2.50. The first-order valence-electron chi connectivity index (χ1n) is 16.6. The first-order valence-corrected chi connectivity index (χ1v) is 16.6. The number of ether oxygens (including phenoxy) is 1. The van der Waals surface area contributed by atoms with Gasteiger partial charge in [-0.15, -0.1) is 0 Å². The molecule has 3 aliphatic carbocycles. The summed E-state index contributed by atoms with van der Waals surface area (Å²) in [5.41, 5.74) is 12.4. The van der Waals surface area contributed by atoms with Crippen molar-refractivity contribution >= 4 is 23.1 Å². The van der Waals surface area contributed by atoms with Crippen LogP contribution >= 0.6 is 0 Å². The van der Waals surface area contributed by atoms with Gasteiger partial charge in [-0.2, -0.15) is 0 Å². The lowest BCUT2D eigenvalue weighted by Gasteiger charge is -2.43. The van der Waals surface area contributed by atoms with Crippen LogP contribution < -0.4 is 5.73 Å². The normalized spacial score (nSPS) is 26.4. The molecular formula is C35H43N5O9. The number of carbonyl (C=O) groups excluding carboxylic acids is 3. The van der Waals surface area contributed by atoms with E-state index >= 15 is 0 Å². The number of aromatic hydroxyl groups is 2. The molecule has 0 radical (unpaired) electrons. The van der Waals surface area contributed by atoms with Gasteiger partial charge >= 0.3 is 0 Å². The minimum absolute atomic E-state index is 0.0283. The van der Waals surface area contributed by atoms with Crippen molar-refractivity contribution < 1.29 is 44.7 Å².